The molecule has 1 aliphatic heterocycles. The lowest BCUT2D eigenvalue weighted by Crippen LogP contribution is -2.51. The van der Waals surface area contributed by atoms with Crippen molar-refractivity contribution in [2.24, 2.45) is 0 Å². The molecule has 0 fully saturated rings. The lowest BCUT2D eigenvalue weighted by molar-refractivity contribution is -0.141. The molecule has 1 atom stereocenters. The summed E-state index contributed by atoms with van der Waals surface area (Å²) in [7, 11) is 0. The number of hydrogen-bond acceptors (Lipinski definition) is 4. The topological polar surface area (TPSA) is 67.9 Å². The number of aryl methyl sites for hydroxylation is 1. The molecule has 188 valence electrons. The summed E-state index contributed by atoms with van der Waals surface area (Å²) in [5.74, 6) is 1.19. The van der Waals surface area contributed by atoms with E-state index in [-0.39, 0.29) is 31.1 Å². The van der Waals surface area contributed by atoms with Crippen LogP contribution in [0.15, 0.2) is 77.3 Å². The summed E-state index contributed by atoms with van der Waals surface area (Å²) in [4.78, 5) is 28.9. The van der Waals surface area contributed by atoms with Crippen LogP contribution >= 0.6 is 15.9 Å². The molecule has 1 unspecified atom stereocenters. The fourth-order valence-electron chi connectivity index (χ4n) is 4.21. The molecule has 36 heavy (non-hydrogen) atoms. The molecule has 6 nitrogen and oxygen atoms in total. The maximum absolute atomic E-state index is 13.7. The highest BCUT2D eigenvalue weighted by Crippen LogP contribution is 2.33. The van der Waals surface area contributed by atoms with Gasteiger partial charge in [-0.2, -0.15) is 0 Å². The van der Waals surface area contributed by atoms with Crippen molar-refractivity contribution in [1.29, 1.82) is 0 Å². The second kappa shape index (κ2) is 12.1. The van der Waals surface area contributed by atoms with Crippen molar-refractivity contribution in [2.75, 3.05) is 6.79 Å². The predicted molar refractivity (Wildman–Crippen MR) is 143 cm³/mol. The highest BCUT2D eigenvalue weighted by molar-refractivity contribution is 9.10. The van der Waals surface area contributed by atoms with Crippen molar-refractivity contribution in [3.63, 3.8) is 0 Å². The molecule has 3 aromatic rings. The Morgan fingerprint density at radius 1 is 0.917 bits per heavy atom. The van der Waals surface area contributed by atoms with E-state index in [0.29, 0.717) is 25.1 Å². The first-order valence-corrected chi connectivity index (χ1v) is 12.9. The number of hydrogen-bond donors (Lipinski definition) is 1. The Balaban J connectivity index is 1.59. The van der Waals surface area contributed by atoms with E-state index in [2.05, 4.69) is 21.2 Å². The molecule has 3 aromatic carbocycles. The van der Waals surface area contributed by atoms with Crippen LogP contribution < -0.4 is 14.8 Å². The van der Waals surface area contributed by atoms with Crippen LogP contribution in [0.4, 0.5) is 0 Å². The van der Waals surface area contributed by atoms with Gasteiger partial charge in [-0.15, -0.1) is 0 Å². The molecule has 0 spiro atoms. The summed E-state index contributed by atoms with van der Waals surface area (Å²) in [5, 5.41) is 3.02. The first kappa shape index (κ1) is 25.8. The Kier molecular flexibility index (Phi) is 8.65. The van der Waals surface area contributed by atoms with Gasteiger partial charge in [-0.25, -0.2) is 0 Å². The second-order valence-electron chi connectivity index (χ2n) is 9.20. The van der Waals surface area contributed by atoms with Crippen molar-refractivity contribution < 1.29 is 19.1 Å². The van der Waals surface area contributed by atoms with E-state index in [1.807, 2.05) is 86.6 Å². The summed E-state index contributed by atoms with van der Waals surface area (Å²) < 4.78 is 11.8. The zero-order chi connectivity index (χ0) is 25.5. The zero-order valence-electron chi connectivity index (χ0n) is 20.6. The highest BCUT2D eigenvalue weighted by atomic mass is 79.9. The van der Waals surface area contributed by atoms with Crippen LogP contribution in [0.25, 0.3) is 0 Å². The van der Waals surface area contributed by atoms with Crippen LogP contribution in [0.5, 0.6) is 11.5 Å². The average Bonchev–Trinajstić information content (AvgIpc) is 3.34. The fraction of sp³-hybridized carbons (Fsp3) is 0.310. The minimum absolute atomic E-state index is 0.0333. The Labute approximate surface area is 220 Å². The third-order valence-corrected chi connectivity index (χ3v) is 6.56. The standard InChI is InChI=1S/C29H31BrN2O4/c1-20(2)31-29(34)25(16-21-6-4-3-5-7-21)32(18-23-8-12-24(30)13-9-23)28(33)15-11-22-10-14-26-27(17-22)36-19-35-26/h3-10,12-14,17,20,25H,11,15-16,18-19H2,1-2H3,(H,31,34). The molecule has 0 saturated heterocycles. The number of ether oxygens (including phenoxy) is 2. The first-order valence-electron chi connectivity index (χ1n) is 12.2. The zero-order valence-corrected chi connectivity index (χ0v) is 22.2. The quantitative estimate of drug-likeness (QED) is 0.373. The number of amides is 2. The Morgan fingerprint density at radius 2 is 1.61 bits per heavy atom. The van der Waals surface area contributed by atoms with E-state index in [1.54, 1.807) is 4.90 Å². The number of nitrogens with zero attached hydrogens (tertiary/aromatic N) is 1. The molecule has 4 rings (SSSR count). The van der Waals surface area contributed by atoms with Gasteiger partial charge in [0.1, 0.15) is 6.04 Å². The molecule has 0 radical (unpaired) electrons. The Morgan fingerprint density at radius 3 is 2.33 bits per heavy atom. The van der Waals surface area contributed by atoms with E-state index in [0.717, 1.165) is 26.9 Å². The van der Waals surface area contributed by atoms with Gasteiger partial charge in [0.2, 0.25) is 18.6 Å². The summed E-state index contributed by atoms with van der Waals surface area (Å²) in [6.45, 7) is 4.41. The van der Waals surface area contributed by atoms with Crippen molar-refractivity contribution in [3.8, 4) is 11.5 Å². The maximum Gasteiger partial charge on any atom is 0.243 e. The molecule has 0 saturated carbocycles. The minimum atomic E-state index is -0.636. The van der Waals surface area contributed by atoms with Gasteiger partial charge < -0.3 is 19.7 Å². The first-order chi connectivity index (χ1) is 17.4. The summed E-state index contributed by atoms with van der Waals surface area (Å²) >= 11 is 3.47. The van der Waals surface area contributed by atoms with Crippen LogP contribution in [0, 0.1) is 0 Å². The molecular formula is C29H31BrN2O4. The van der Waals surface area contributed by atoms with Gasteiger partial charge >= 0.3 is 0 Å². The molecule has 1 N–H and O–H groups in total. The van der Waals surface area contributed by atoms with Crippen molar-refractivity contribution >= 4 is 27.7 Å². The molecule has 7 heteroatoms. The van der Waals surface area contributed by atoms with Gasteiger partial charge in [-0.1, -0.05) is 64.5 Å². The van der Waals surface area contributed by atoms with Crippen LogP contribution in [0.2, 0.25) is 0 Å². The average molecular weight is 551 g/mol. The second-order valence-corrected chi connectivity index (χ2v) is 10.1. The normalized spacial score (nSPS) is 12.9. The molecule has 1 aliphatic rings. The number of halogens is 1. The number of carbonyl (C=O) groups is 2. The highest BCUT2D eigenvalue weighted by Gasteiger charge is 2.30. The van der Waals surface area contributed by atoms with Crippen molar-refractivity contribution in [1.82, 2.24) is 10.2 Å². The van der Waals surface area contributed by atoms with Crippen LogP contribution in [-0.2, 0) is 29.0 Å². The Bertz CT molecular complexity index is 1180. The van der Waals surface area contributed by atoms with Crippen LogP contribution in [0.3, 0.4) is 0 Å². The van der Waals surface area contributed by atoms with Crippen LogP contribution in [-0.4, -0.2) is 35.6 Å². The van der Waals surface area contributed by atoms with E-state index in [9.17, 15) is 9.59 Å². The summed E-state index contributed by atoms with van der Waals surface area (Å²) in [6.07, 6.45) is 1.25. The van der Waals surface area contributed by atoms with Gasteiger partial charge in [0.25, 0.3) is 0 Å². The summed E-state index contributed by atoms with van der Waals surface area (Å²) in [5.41, 5.74) is 2.96. The fourth-order valence-corrected chi connectivity index (χ4v) is 4.48. The lowest BCUT2D eigenvalue weighted by Gasteiger charge is -2.32. The number of nitrogens with one attached hydrogen (secondary N) is 1. The van der Waals surface area contributed by atoms with E-state index >= 15 is 0 Å². The van der Waals surface area contributed by atoms with E-state index in [1.165, 1.54) is 0 Å². The third-order valence-electron chi connectivity index (χ3n) is 6.03. The monoisotopic (exact) mass is 550 g/mol. The predicted octanol–water partition coefficient (Wildman–Crippen LogP) is 5.28. The molecule has 0 aromatic heterocycles. The molecule has 0 bridgehead atoms. The number of rotatable bonds is 10. The SMILES string of the molecule is CC(C)NC(=O)C(Cc1ccccc1)N(Cc1ccc(Br)cc1)C(=O)CCc1ccc2c(c1)OCO2. The summed E-state index contributed by atoms with van der Waals surface area (Å²) in [6, 6.07) is 22.8. The van der Waals surface area contributed by atoms with Gasteiger partial charge in [-0.3, -0.25) is 9.59 Å². The number of fused-ring (bicyclic) bond motifs is 1. The molecule has 1 heterocycles. The van der Waals surface area contributed by atoms with E-state index in [4.69, 9.17) is 9.47 Å². The van der Waals surface area contributed by atoms with Crippen molar-refractivity contribution in [3.05, 3.63) is 94.0 Å². The number of benzene rings is 3. The molecule has 0 aliphatic carbocycles. The number of carbonyl (C=O) groups excluding carboxylic acids is 2. The molecular weight excluding hydrogens is 520 g/mol. The lowest BCUT2D eigenvalue weighted by atomic mass is 10.0. The largest absolute Gasteiger partial charge is 0.454 e. The minimum Gasteiger partial charge on any atom is -0.454 e. The van der Waals surface area contributed by atoms with Gasteiger partial charge in [0, 0.05) is 29.9 Å². The van der Waals surface area contributed by atoms with Gasteiger partial charge in [0.05, 0.1) is 0 Å². The third kappa shape index (κ3) is 6.88. The van der Waals surface area contributed by atoms with Crippen molar-refractivity contribution in [2.45, 2.75) is 51.7 Å². The van der Waals surface area contributed by atoms with Crippen LogP contribution in [0.1, 0.15) is 37.0 Å². The van der Waals surface area contributed by atoms with Gasteiger partial charge in [-0.05, 0) is 61.2 Å². The van der Waals surface area contributed by atoms with Gasteiger partial charge in [0.15, 0.2) is 11.5 Å². The molecule has 2 amide bonds. The maximum atomic E-state index is 13.7. The Hall–Kier alpha value is -3.32. The van der Waals surface area contributed by atoms with E-state index < -0.39 is 6.04 Å². The smallest absolute Gasteiger partial charge is 0.243 e.